The van der Waals surface area contributed by atoms with Crippen LogP contribution in [0.2, 0.25) is 0 Å². The predicted molar refractivity (Wildman–Crippen MR) is 68.9 cm³/mol. The fourth-order valence-corrected chi connectivity index (χ4v) is 1.70. The third-order valence-electron chi connectivity index (χ3n) is 2.67. The fourth-order valence-electron chi connectivity index (χ4n) is 1.70. The molecule has 2 rings (SSSR count). The lowest BCUT2D eigenvalue weighted by Gasteiger charge is -1.99. The van der Waals surface area contributed by atoms with Gasteiger partial charge < -0.3 is 9.84 Å². The molecule has 1 aromatic heterocycles. The third-order valence-corrected chi connectivity index (χ3v) is 2.67. The lowest BCUT2D eigenvalue weighted by atomic mass is 10.1. The third kappa shape index (κ3) is 3.40. The minimum absolute atomic E-state index is 0.0618. The lowest BCUT2D eigenvalue weighted by molar-refractivity contribution is -0.120. The zero-order chi connectivity index (χ0) is 14.5. The maximum Gasteiger partial charge on any atom is 0.226 e. The molecule has 0 saturated carbocycles. The molecule has 1 aromatic carbocycles. The van der Waals surface area contributed by atoms with Crippen LogP contribution in [0.25, 0.3) is 11.3 Å². The zero-order valence-electron chi connectivity index (χ0n) is 11.0. The highest BCUT2D eigenvalue weighted by Gasteiger charge is 2.13. The van der Waals surface area contributed by atoms with Crippen molar-refractivity contribution in [3.63, 3.8) is 0 Å². The van der Waals surface area contributed by atoms with Crippen molar-refractivity contribution >= 4 is 5.91 Å². The monoisotopic (exact) mass is 280 g/mol. The summed E-state index contributed by atoms with van der Waals surface area (Å²) < 4.78 is 31.4. The summed E-state index contributed by atoms with van der Waals surface area (Å²) >= 11 is 0. The van der Waals surface area contributed by atoms with E-state index in [0.717, 1.165) is 18.6 Å². The van der Waals surface area contributed by atoms with Crippen LogP contribution in [0.4, 0.5) is 8.78 Å². The number of hydrogen-bond acceptors (Lipinski definition) is 3. The van der Waals surface area contributed by atoms with E-state index in [2.05, 4.69) is 10.5 Å². The van der Waals surface area contributed by atoms with Crippen molar-refractivity contribution in [1.29, 1.82) is 0 Å². The Morgan fingerprint density at radius 1 is 1.35 bits per heavy atom. The summed E-state index contributed by atoms with van der Waals surface area (Å²) in [7, 11) is 0. The number of rotatable bonds is 5. The number of hydrogen-bond donors (Lipinski definition) is 1. The van der Waals surface area contributed by atoms with Crippen LogP contribution in [-0.4, -0.2) is 17.6 Å². The molecular weight excluding hydrogens is 266 g/mol. The normalized spacial score (nSPS) is 10.6. The van der Waals surface area contributed by atoms with Gasteiger partial charge in [-0.05, 0) is 18.6 Å². The number of carbonyl (C=O) groups is 1. The molecular formula is C14H14F2N2O2. The maximum absolute atomic E-state index is 13.6. The van der Waals surface area contributed by atoms with Gasteiger partial charge in [-0.1, -0.05) is 12.1 Å². The molecule has 106 valence electrons. The van der Waals surface area contributed by atoms with E-state index in [-0.39, 0.29) is 23.7 Å². The Balaban J connectivity index is 2.10. The Kier molecular flexibility index (Phi) is 4.45. The van der Waals surface area contributed by atoms with Gasteiger partial charge in [-0.25, -0.2) is 8.78 Å². The first kappa shape index (κ1) is 14.2. The molecule has 0 bridgehead atoms. The summed E-state index contributed by atoms with van der Waals surface area (Å²) in [4.78, 5) is 11.5. The average Bonchev–Trinajstić information content (AvgIpc) is 2.84. The van der Waals surface area contributed by atoms with E-state index in [0.29, 0.717) is 12.2 Å². The predicted octanol–water partition coefficient (Wildman–Crippen LogP) is 2.69. The molecule has 1 N–H and O–H groups in total. The van der Waals surface area contributed by atoms with Crippen molar-refractivity contribution in [3.8, 4) is 11.3 Å². The second-order valence-corrected chi connectivity index (χ2v) is 4.33. The summed E-state index contributed by atoms with van der Waals surface area (Å²) in [6.07, 6.45) is 0.906. The molecule has 0 aliphatic rings. The number of nitrogens with one attached hydrogen (secondary N) is 1. The number of aromatic nitrogens is 1. The molecule has 0 aliphatic carbocycles. The number of nitrogens with zero attached hydrogens (tertiary/aromatic N) is 1. The van der Waals surface area contributed by atoms with Crippen LogP contribution in [0.3, 0.4) is 0 Å². The molecule has 2 aromatic rings. The van der Waals surface area contributed by atoms with Gasteiger partial charge in [0.05, 0.1) is 17.7 Å². The Morgan fingerprint density at radius 2 is 2.15 bits per heavy atom. The summed E-state index contributed by atoms with van der Waals surface area (Å²) in [5.41, 5.74) is 0.511. The number of carbonyl (C=O) groups excluding carboxylic acids is 1. The number of halogens is 2. The molecule has 0 atom stereocenters. The van der Waals surface area contributed by atoms with Crippen LogP contribution in [0.5, 0.6) is 0 Å². The molecule has 0 radical (unpaired) electrons. The van der Waals surface area contributed by atoms with Gasteiger partial charge in [0.1, 0.15) is 11.6 Å². The minimum Gasteiger partial charge on any atom is -0.356 e. The van der Waals surface area contributed by atoms with Crippen molar-refractivity contribution in [2.45, 2.75) is 19.8 Å². The highest BCUT2D eigenvalue weighted by atomic mass is 19.1. The first-order valence-corrected chi connectivity index (χ1v) is 6.28. The summed E-state index contributed by atoms with van der Waals surface area (Å²) in [5.74, 6) is -1.40. The van der Waals surface area contributed by atoms with Crippen molar-refractivity contribution in [3.05, 3.63) is 41.6 Å². The molecule has 20 heavy (non-hydrogen) atoms. The van der Waals surface area contributed by atoms with E-state index >= 15 is 0 Å². The van der Waals surface area contributed by atoms with Gasteiger partial charge in [-0.15, -0.1) is 0 Å². The second-order valence-electron chi connectivity index (χ2n) is 4.33. The van der Waals surface area contributed by atoms with Gasteiger partial charge in [0.15, 0.2) is 5.76 Å². The van der Waals surface area contributed by atoms with Gasteiger partial charge in [-0.2, -0.15) is 0 Å². The Labute approximate surface area is 114 Å². The highest BCUT2D eigenvalue weighted by molar-refractivity contribution is 5.78. The summed E-state index contributed by atoms with van der Waals surface area (Å²) in [6, 6.07) is 4.65. The largest absolute Gasteiger partial charge is 0.356 e. The Bertz CT molecular complexity index is 611. The molecule has 0 unspecified atom stereocenters. The van der Waals surface area contributed by atoms with E-state index in [1.165, 1.54) is 12.1 Å². The van der Waals surface area contributed by atoms with Crippen LogP contribution >= 0.6 is 0 Å². The molecule has 0 fully saturated rings. The zero-order valence-corrected chi connectivity index (χ0v) is 11.0. The Hall–Kier alpha value is -2.24. The first-order chi connectivity index (χ1) is 9.60. The molecule has 1 heterocycles. The fraction of sp³-hybridized carbons (Fsp3) is 0.286. The lowest BCUT2D eigenvalue weighted by Crippen LogP contribution is -2.25. The van der Waals surface area contributed by atoms with Crippen LogP contribution in [0, 0.1) is 11.6 Å². The van der Waals surface area contributed by atoms with Crippen molar-refractivity contribution in [2.24, 2.45) is 0 Å². The second kappa shape index (κ2) is 6.27. The van der Waals surface area contributed by atoms with E-state index in [4.69, 9.17) is 4.52 Å². The van der Waals surface area contributed by atoms with Crippen molar-refractivity contribution < 1.29 is 18.1 Å². The molecule has 6 heteroatoms. The van der Waals surface area contributed by atoms with E-state index in [1.807, 2.05) is 6.92 Å². The Morgan fingerprint density at radius 3 is 2.85 bits per heavy atom. The minimum atomic E-state index is -0.733. The summed E-state index contributed by atoms with van der Waals surface area (Å²) in [5, 5.41) is 6.41. The molecule has 0 aliphatic heterocycles. The molecule has 4 nitrogen and oxygen atoms in total. The number of benzene rings is 1. The van der Waals surface area contributed by atoms with Gasteiger partial charge in [0, 0.05) is 18.7 Å². The standard InChI is InChI=1S/C14H14F2N2O2/c1-2-5-17-14(19)8-10-7-13(20-18-10)11-4-3-9(15)6-12(11)16/h3-4,6-7H,2,5,8H2,1H3,(H,17,19). The quantitative estimate of drug-likeness (QED) is 0.916. The SMILES string of the molecule is CCCNC(=O)Cc1cc(-c2ccc(F)cc2F)on1. The smallest absolute Gasteiger partial charge is 0.226 e. The van der Waals surface area contributed by atoms with Gasteiger partial charge >= 0.3 is 0 Å². The molecule has 0 saturated heterocycles. The van der Waals surface area contributed by atoms with Gasteiger partial charge in [0.25, 0.3) is 0 Å². The van der Waals surface area contributed by atoms with Crippen LogP contribution in [0.1, 0.15) is 19.0 Å². The van der Waals surface area contributed by atoms with Crippen LogP contribution in [-0.2, 0) is 11.2 Å². The van der Waals surface area contributed by atoms with Gasteiger partial charge in [-0.3, -0.25) is 4.79 Å². The molecule has 1 amide bonds. The number of amides is 1. The van der Waals surface area contributed by atoms with E-state index < -0.39 is 11.6 Å². The summed E-state index contributed by atoms with van der Waals surface area (Å²) in [6.45, 7) is 2.54. The molecule has 0 spiro atoms. The van der Waals surface area contributed by atoms with Gasteiger partial charge in [0.2, 0.25) is 5.91 Å². The first-order valence-electron chi connectivity index (χ1n) is 6.28. The maximum atomic E-state index is 13.6. The van der Waals surface area contributed by atoms with Crippen LogP contribution < -0.4 is 5.32 Å². The van der Waals surface area contributed by atoms with Crippen molar-refractivity contribution in [1.82, 2.24) is 10.5 Å². The van der Waals surface area contributed by atoms with Crippen LogP contribution in [0.15, 0.2) is 28.8 Å². The van der Waals surface area contributed by atoms with Crippen molar-refractivity contribution in [2.75, 3.05) is 6.54 Å². The van der Waals surface area contributed by atoms with E-state index in [9.17, 15) is 13.6 Å². The topological polar surface area (TPSA) is 55.1 Å². The highest BCUT2D eigenvalue weighted by Crippen LogP contribution is 2.24. The average molecular weight is 280 g/mol. The van der Waals surface area contributed by atoms with E-state index in [1.54, 1.807) is 0 Å².